The number of aliphatic imine (C=N–C) groups is 1. The monoisotopic (exact) mass is 185 g/mol. The van der Waals surface area contributed by atoms with Crippen molar-refractivity contribution in [2.75, 3.05) is 25.4 Å². The van der Waals surface area contributed by atoms with Crippen molar-refractivity contribution in [1.29, 1.82) is 0 Å². The van der Waals surface area contributed by atoms with Crippen LogP contribution in [0.4, 0.5) is 0 Å². The largest absolute Gasteiger partial charge is 0.350 e. The first-order valence-electron chi connectivity index (χ1n) is 4.54. The summed E-state index contributed by atoms with van der Waals surface area (Å²) in [5, 5.41) is 1.23. The minimum atomic E-state index is 0.364. The maximum absolute atomic E-state index is 5.89. The van der Waals surface area contributed by atoms with Crippen LogP contribution in [0.2, 0.25) is 0 Å². The summed E-state index contributed by atoms with van der Waals surface area (Å²) in [7, 11) is 0. The fourth-order valence-corrected chi connectivity index (χ4v) is 2.59. The van der Waals surface area contributed by atoms with E-state index in [9.17, 15) is 0 Å². The fraction of sp³-hybridized carbons (Fsp3) is 0.875. The summed E-state index contributed by atoms with van der Waals surface area (Å²) in [6.07, 6.45) is 2.40. The van der Waals surface area contributed by atoms with Gasteiger partial charge < -0.3 is 10.6 Å². The molecule has 2 aliphatic rings. The van der Waals surface area contributed by atoms with Crippen molar-refractivity contribution in [3.63, 3.8) is 0 Å². The Morgan fingerprint density at radius 1 is 1.58 bits per heavy atom. The van der Waals surface area contributed by atoms with Gasteiger partial charge in [0.2, 0.25) is 0 Å². The van der Waals surface area contributed by atoms with Crippen molar-refractivity contribution in [2.24, 2.45) is 10.7 Å². The Morgan fingerprint density at radius 3 is 3.17 bits per heavy atom. The van der Waals surface area contributed by atoms with Gasteiger partial charge in [-0.25, -0.2) is 0 Å². The lowest BCUT2D eigenvalue weighted by molar-refractivity contribution is 0.314. The molecule has 12 heavy (non-hydrogen) atoms. The number of nitrogens with two attached hydrogens (primary N) is 1. The van der Waals surface area contributed by atoms with E-state index in [0.717, 1.165) is 25.4 Å². The molecule has 0 bridgehead atoms. The SMILES string of the molecule is N[C@H]1CCCN(C2=NCCS2)C1. The number of amidine groups is 1. The number of hydrogen-bond acceptors (Lipinski definition) is 4. The van der Waals surface area contributed by atoms with Crippen LogP contribution in [0.3, 0.4) is 0 Å². The van der Waals surface area contributed by atoms with E-state index in [2.05, 4.69) is 9.89 Å². The lowest BCUT2D eigenvalue weighted by Gasteiger charge is -2.31. The Labute approximate surface area is 77.4 Å². The summed E-state index contributed by atoms with van der Waals surface area (Å²) in [6, 6.07) is 0.364. The third kappa shape index (κ3) is 1.75. The summed E-state index contributed by atoms with van der Waals surface area (Å²) < 4.78 is 0. The molecule has 2 aliphatic heterocycles. The van der Waals surface area contributed by atoms with Crippen LogP contribution >= 0.6 is 11.8 Å². The second-order valence-electron chi connectivity index (χ2n) is 3.36. The second-order valence-corrected chi connectivity index (χ2v) is 4.42. The van der Waals surface area contributed by atoms with Crippen LogP contribution in [0.15, 0.2) is 4.99 Å². The summed E-state index contributed by atoms with van der Waals surface area (Å²) in [6.45, 7) is 3.15. The van der Waals surface area contributed by atoms with Gasteiger partial charge in [-0.15, -0.1) is 0 Å². The molecule has 0 amide bonds. The van der Waals surface area contributed by atoms with Gasteiger partial charge in [-0.3, -0.25) is 4.99 Å². The highest BCUT2D eigenvalue weighted by Gasteiger charge is 2.21. The number of hydrogen-bond donors (Lipinski definition) is 1. The molecule has 2 rings (SSSR count). The van der Waals surface area contributed by atoms with Gasteiger partial charge >= 0.3 is 0 Å². The summed E-state index contributed by atoms with van der Waals surface area (Å²) in [5.74, 6) is 1.15. The zero-order valence-corrected chi connectivity index (χ0v) is 8.02. The van der Waals surface area contributed by atoms with Crippen molar-refractivity contribution in [1.82, 2.24) is 4.90 Å². The molecule has 68 valence electrons. The molecule has 1 fully saturated rings. The van der Waals surface area contributed by atoms with E-state index in [4.69, 9.17) is 5.73 Å². The molecule has 0 radical (unpaired) electrons. The number of rotatable bonds is 0. The lowest BCUT2D eigenvalue weighted by atomic mass is 10.1. The van der Waals surface area contributed by atoms with Crippen molar-refractivity contribution in [3.8, 4) is 0 Å². The molecule has 1 saturated heterocycles. The van der Waals surface area contributed by atoms with Crippen molar-refractivity contribution < 1.29 is 0 Å². The van der Waals surface area contributed by atoms with Gasteiger partial charge in [0.05, 0.1) is 6.54 Å². The van der Waals surface area contributed by atoms with Gasteiger partial charge in [-0.05, 0) is 12.8 Å². The topological polar surface area (TPSA) is 41.6 Å². The normalized spacial score (nSPS) is 30.6. The van der Waals surface area contributed by atoms with E-state index in [-0.39, 0.29) is 0 Å². The first-order valence-corrected chi connectivity index (χ1v) is 5.52. The maximum atomic E-state index is 5.89. The molecule has 0 saturated carbocycles. The predicted octanol–water partition coefficient (Wildman–Crippen LogP) is 0.512. The maximum Gasteiger partial charge on any atom is 0.159 e. The summed E-state index contributed by atoms with van der Waals surface area (Å²) in [5.41, 5.74) is 5.89. The third-order valence-corrected chi connectivity index (χ3v) is 3.33. The Bertz CT molecular complexity index is 193. The Balaban J connectivity index is 1.94. The quantitative estimate of drug-likeness (QED) is 0.598. The molecule has 3 nitrogen and oxygen atoms in total. The van der Waals surface area contributed by atoms with Gasteiger partial charge in [-0.2, -0.15) is 0 Å². The summed E-state index contributed by atoms with van der Waals surface area (Å²) >= 11 is 1.87. The van der Waals surface area contributed by atoms with Crippen LogP contribution in [0.1, 0.15) is 12.8 Å². The zero-order chi connectivity index (χ0) is 8.39. The third-order valence-electron chi connectivity index (χ3n) is 2.30. The highest BCUT2D eigenvalue weighted by Crippen LogP contribution is 2.19. The molecular formula is C8H15N3S. The highest BCUT2D eigenvalue weighted by molar-refractivity contribution is 8.14. The van der Waals surface area contributed by atoms with Gasteiger partial charge in [0.25, 0.3) is 0 Å². The average Bonchev–Trinajstić information content (AvgIpc) is 2.56. The molecule has 0 aliphatic carbocycles. The van der Waals surface area contributed by atoms with Gasteiger partial charge in [0.15, 0.2) is 5.17 Å². The van der Waals surface area contributed by atoms with Crippen molar-refractivity contribution in [3.05, 3.63) is 0 Å². The van der Waals surface area contributed by atoms with Crippen LogP contribution < -0.4 is 5.73 Å². The molecule has 2 N–H and O–H groups in total. The first kappa shape index (κ1) is 8.38. The van der Waals surface area contributed by atoms with Crippen LogP contribution in [0, 0.1) is 0 Å². The second kappa shape index (κ2) is 3.66. The van der Waals surface area contributed by atoms with E-state index in [0.29, 0.717) is 6.04 Å². The van der Waals surface area contributed by atoms with E-state index >= 15 is 0 Å². The molecule has 0 aromatic rings. The minimum absolute atomic E-state index is 0.364. The van der Waals surface area contributed by atoms with Gasteiger partial charge in [0, 0.05) is 24.9 Å². The van der Waals surface area contributed by atoms with Crippen LogP contribution in [-0.4, -0.2) is 41.5 Å². The number of piperidine rings is 1. The highest BCUT2D eigenvalue weighted by atomic mass is 32.2. The minimum Gasteiger partial charge on any atom is -0.350 e. The molecule has 2 heterocycles. The average molecular weight is 185 g/mol. The van der Waals surface area contributed by atoms with Gasteiger partial charge in [0.1, 0.15) is 0 Å². The Morgan fingerprint density at radius 2 is 2.50 bits per heavy atom. The van der Waals surface area contributed by atoms with Crippen molar-refractivity contribution >= 4 is 16.9 Å². The smallest absolute Gasteiger partial charge is 0.159 e. The van der Waals surface area contributed by atoms with Crippen LogP contribution in [-0.2, 0) is 0 Å². The molecule has 0 spiro atoms. The molecule has 0 unspecified atom stereocenters. The number of nitrogens with zero attached hydrogens (tertiary/aromatic N) is 2. The molecule has 1 atom stereocenters. The number of likely N-dealkylation sites (tertiary alicyclic amines) is 1. The predicted molar refractivity (Wildman–Crippen MR) is 53.5 cm³/mol. The number of thioether (sulfide) groups is 1. The Kier molecular flexibility index (Phi) is 2.56. The van der Waals surface area contributed by atoms with E-state index in [1.807, 2.05) is 11.8 Å². The first-order chi connectivity index (χ1) is 5.86. The zero-order valence-electron chi connectivity index (χ0n) is 7.20. The molecule has 4 heteroatoms. The molecule has 0 aromatic carbocycles. The van der Waals surface area contributed by atoms with E-state index in [1.54, 1.807) is 0 Å². The summed E-state index contributed by atoms with van der Waals surface area (Å²) in [4.78, 5) is 6.78. The van der Waals surface area contributed by atoms with Crippen LogP contribution in [0.25, 0.3) is 0 Å². The van der Waals surface area contributed by atoms with E-state index in [1.165, 1.54) is 18.0 Å². The van der Waals surface area contributed by atoms with Gasteiger partial charge in [-0.1, -0.05) is 11.8 Å². The lowest BCUT2D eigenvalue weighted by Crippen LogP contribution is -2.44. The van der Waals surface area contributed by atoms with Crippen LogP contribution in [0.5, 0.6) is 0 Å². The molecule has 0 aromatic heterocycles. The fourth-order valence-electron chi connectivity index (χ4n) is 1.70. The Hall–Kier alpha value is -0.220. The standard InChI is InChI=1S/C8H15N3S/c9-7-2-1-4-11(6-7)8-10-3-5-12-8/h7H,1-6,9H2/t7-/m0/s1. The van der Waals surface area contributed by atoms with E-state index < -0.39 is 0 Å². The molecular weight excluding hydrogens is 170 g/mol. The van der Waals surface area contributed by atoms with Crippen molar-refractivity contribution in [2.45, 2.75) is 18.9 Å².